The van der Waals surface area contributed by atoms with Crippen LogP contribution in [0.4, 0.5) is 0 Å². The molecule has 2 heterocycles. The topological polar surface area (TPSA) is 62.3 Å². The molecule has 0 spiro atoms. The number of carbonyl (C=O) groups is 2. The van der Waals surface area contributed by atoms with E-state index in [0.717, 1.165) is 56.8 Å². The van der Waals surface area contributed by atoms with Crippen molar-refractivity contribution in [3.63, 3.8) is 0 Å². The SMILES string of the molecule is COC(=O)c1ccc(CC(=O)N2C=C3C(=C(OC)CCC3N3CCN(C)CC3)CC2)cc1. The Labute approximate surface area is 190 Å². The van der Waals surface area contributed by atoms with E-state index >= 15 is 0 Å². The first-order chi connectivity index (χ1) is 15.5. The van der Waals surface area contributed by atoms with Gasteiger partial charge in [-0.1, -0.05) is 12.1 Å². The molecule has 7 heteroatoms. The van der Waals surface area contributed by atoms with Gasteiger partial charge in [0.05, 0.1) is 32.0 Å². The van der Waals surface area contributed by atoms with Crippen LogP contribution in [-0.4, -0.2) is 86.6 Å². The van der Waals surface area contributed by atoms with Crippen LogP contribution in [0.5, 0.6) is 0 Å². The quantitative estimate of drug-likeness (QED) is 0.657. The van der Waals surface area contributed by atoms with Crippen molar-refractivity contribution in [2.45, 2.75) is 31.7 Å². The van der Waals surface area contributed by atoms with E-state index in [1.165, 1.54) is 18.3 Å². The lowest BCUT2D eigenvalue weighted by Gasteiger charge is -2.43. The van der Waals surface area contributed by atoms with Gasteiger partial charge in [-0.25, -0.2) is 4.79 Å². The van der Waals surface area contributed by atoms with E-state index in [4.69, 9.17) is 9.47 Å². The average Bonchev–Trinajstić information content (AvgIpc) is 2.83. The van der Waals surface area contributed by atoms with Gasteiger partial charge in [0.15, 0.2) is 0 Å². The number of fused-ring (bicyclic) bond motifs is 1. The maximum atomic E-state index is 13.1. The zero-order chi connectivity index (χ0) is 22.7. The first kappa shape index (κ1) is 22.6. The van der Waals surface area contributed by atoms with Crippen LogP contribution >= 0.6 is 0 Å². The van der Waals surface area contributed by atoms with Crippen LogP contribution in [0, 0.1) is 0 Å². The third-order valence-electron chi connectivity index (χ3n) is 6.86. The van der Waals surface area contributed by atoms with Crippen molar-refractivity contribution >= 4 is 11.9 Å². The molecule has 1 unspecified atom stereocenters. The molecular weight excluding hydrogens is 406 g/mol. The summed E-state index contributed by atoms with van der Waals surface area (Å²) in [4.78, 5) is 31.6. The summed E-state index contributed by atoms with van der Waals surface area (Å²) in [5.74, 6) is 0.778. The lowest BCUT2D eigenvalue weighted by atomic mass is 9.83. The molecular formula is C25H33N3O4. The van der Waals surface area contributed by atoms with Crippen molar-refractivity contribution in [1.29, 1.82) is 0 Å². The fraction of sp³-hybridized carbons (Fsp3) is 0.520. The molecule has 0 radical (unpaired) electrons. The summed E-state index contributed by atoms with van der Waals surface area (Å²) < 4.78 is 10.5. The highest BCUT2D eigenvalue weighted by Crippen LogP contribution is 2.38. The molecule has 1 amide bonds. The van der Waals surface area contributed by atoms with Crippen LogP contribution < -0.4 is 0 Å². The summed E-state index contributed by atoms with van der Waals surface area (Å²) >= 11 is 0. The second-order valence-electron chi connectivity index (χ2n) is 8.79. The van der Waals surface area contributed by atoms with Crippen molar-refractivity contribution in [2.75, 3.05) is 54.0 Å². The van der Waals surface area contributed by atoms with Crippen LogP contribution in [0.15, 0.2) is 47.4 Å². The van der Waals surface area contributed by atoms with E-state index in [2.05, 4.69) is 23.0 Å². The second-order valence-corrected chi connectivity index (χ2v) is 8.79. The van der Waals surface area contributed by atoms with Gasteiger partial charge >= 0.3 is 5.97 Å². The lowest BCUT2D eigenvalue weighted by molar-refractivity contribution is -0.128. The molecule has 3 aliphatic rings. The van der Waals surface area contributed by atoms with Gasteiger partial charge < -0.3 is 19.3 Å². The number of esters is 1. The molecule has 2 aliphatic heterocycles. The summed E-state index contributed by atoms with van der Waals surface area (Å²) in [5.41, 5.74) is 3.91. The van der Waals surface area contributed by atoms with Crippen LogP contribution in [0.25, 0.3) is 0 Å². The van der Waals surface area contributed by atoms with Crippen LogP contribution in [-0.2, 0) is 20.7 Å². The van der Waals surface area contributed by atoms with Crippen LogP contribution in [0.2, 0.25) is 0 Å². The minimum atomic E-state index is -0.371. The number of allylic oxidation sites excluding steroid dienone is 1. The third kappa shape index (κ3) is 4.74. The smallest absolute Gasteiger partial charge is 0.337 e. The predicted molar refractivity (Wildman–Crippen MR) is 122 cm³/mol. The number of piperazine rings is 1. The second kappa shape index (κ2) is 9.88. The maximum absolute atomic E-state index is 13.1. The van der Waals surface area contributed by atoms with Crippen molar-refractivity contribution in [3.8, 4) is 0 Å². The Morgan fingerprint density at radius 3 is 2.38 bits per heavy atom. The van der Waals surface area contributed by atoms with Gasteiger partial charge in [0, 0.05) is 51.4 Å². The highest BCUT2D eigenvalue weighted by molar-refractivity contribution is 5.89. The number of rotatable bonds is 5. The molecule has 0 saturated carbocycles. The Kier molecular flexibility index (Phi) is 6.96. The first-order valence-corrected chi connectivity index (χ1v) is 11.4. The minimum Gasteiger partial charge on any atom is -0.501 e. The number of methoxy groups -OCH3 is 2. The summed E-state index contributed by atoms with van der Waals surface area (Å²) in [5, 5.41) is 0. The zero-order valence-electron chi connectivity index (χ0n) is 19.3. The molecule has 1 aromatic carbocycles. The van der Waals surface area contributed by atoms with E-state index in [-0.39, 0.29) is 11.9 Å². The standard InChI is InChI=1S/C25H33N3O4/c1-26-12-14-27(15-13-26)22-8-9-23(31-2)20-10-11-28(17-21(20)22)24(29)16-18-4-6-19(7-5-18)25(30)32-3/h4-7,17,22H,8-16H2,1-3H3. The predicted octanol–water partition coefficient (Wildman–Crippen LogP) is 2.44. The number of hydrogen-bond acceptors (Lipinski definition) is 6. The van der Waals surface area contributed by atoms with E-state index in [1.54, 1.807) is 19.2 Å². The van der Waals surface area contributed by atoms with Gasteiger partial charge in [0.1, 0.15) is 0 Å². The number of ether oxygens (including phenoxy) is 2. The first-order valence-electron chi connectivity index (χ1n) is 11.4. The summed E-state index contributed by atoms with van der Waals surface area (Å²) in [7, 11) is 5.29. The van der Waals surface area contributed by atoms with E-state index in [9.17, 15) is 9.59 Å². The van der Waals surface area contributed by atoms with Gasteiger partial charge in [-0.2, -0.15) is 0 Å². The van der Waals surface area contributed by atoms with Gasteiger partial charge in [0.25, 0.3) is 0 Å². The Morgan fingerprint density at radius 2 is 1.72 bits per heavy atom. The van der Waals surface area contributed by atoms with Gasteiger partial charge in [0.2, 0.25) is 5.91 Å². The normalized spacial score (nSPS) is 22.3. The molecule has 0 N–H and O–H groups in total. The number of nitrogens with zero attached hydrogens (tertiary/aromatic N) is 3. The van der Waals surface area contributed by atoms with Gasteiger partial charge in [-0.05, 0) is 48.7 Å². The van der Waals surface area contributed by atoms with E-state index < -0.39 is 0 Å². The average molecular weight is 440 g/mol. The Hall–Kier alpha value is -2.64. The lowest BCUT2D eigenvalue weighted by Crippen LogP contribution is -2.51. The molecule has 32 heavy (non-hydrogen) atoms. The molecule has 172 valence electrons. The largest absolute Gasteiger partial charge is 0.501 e. The van der Waals surface area contributed by atoms with Crippen molar-refractivity contribution in [2.24, 2.45) is 0 Å². The van der Waals surface area contributed by atoms with Crippen LogP contribution in [0.1, 0.15) is 35.2 Å². The Morgan fingerprint density at radius 1 is 1.00 bits per heavy atom. The fourth-order valence-corrected chi connectivity index (χ4v) is 4.94. The number of carbonyl (C=O) groups excluding carboxylic acids is 2. The molecule has 4 rings (SSSR count). The zero-order valence-corrected chi connectivity index (χ0v) is 19.3. The molecule has 1 fully saturated rings. The molecule has 1 aromatic rings. The Balaban J connectivity index is 1.51. The number of amides is 1. The fourth-order valence-electron chi connectivity index (χ4n) is 4.94. The summed E-state index contributed by atoms with van der Waals surface area (Å²) in [6.07, 6.45) is 5.19. The van der Waals surface area contributed by atoms with Gasteiger partial charge in [-0.3, -0.25) is 9.69 Å². The molecule has 7 nitrogen and oxygen atoms in total. The highest BCUT2D eigenvalue weighted by Gasteiger charge is 2.35. The maximum Gasteiger partial charge on any atom is 0.337 e. The molecule has 1 atom stereocenters. The molecule has 0 bridgehead atoms. The molecule has 1 saturated heterocycles. The summed E-state index contributed by atoms with van der Waals surface area (Å²) in [6.45, 7) is 4.91. The number of likely N-dealkylation sites (N-methyl/N-ethyl adjacent to an activating group) is 1. The highest BCUT2D eigenvalue weighted by atomic mass is 16.5. The summed E-state index contributed by atoms with van der Waals surface area (Å²) in [6, 6.07) is 7.40. The third-order valence-corrected chi connectivity index (χ3v) is 6.86. The number of benzene rings is 1. The van der Waals surface area contributed by atoms with E-state index in [0.29, 0.717) is 24.6 Å². The van der Waals surface area contributed by atoms with Crippen molar-refractivity contribution in [1.82, 2.24) is 14.7 Å². The monoisotopic (exact) mass is 439 g/mol. The molecule has 0 aromatic heterocycles. The molecule has 1 aliphatic carbocycles. The van der Waals surface area contributed by atoms with E-state index in [1.807, 2.05) is 17.0 Å². The number of hydrogen-bond donors (Lipinski definition) is 0. The van der Waals surface area contributed by atoms with Crippen molar-refractivity contribution in [3.05, 3.63) is 58.5 Å². The van der Waals surface area contributed by atoms with Crippen LogP contribution in [0.3, 0.4) is 0 Å². The van der Waals surface area contributed by atoms with Gasteiger partial charge in [-0.15, -0.1) is 0 Å². The Bertz CT molecular complexity index is 914. The minimum absolute atomic E-state index is 0.0732. The van der Waals surface area contributed by atoms with Crippen molar-refractivity contribution < 1.29 is 19.1 Å².